The highest BCUT2D eigenvalue weighted by Crippen LogP contribution is 2.47. The Hall–Kier alpha value is -0.760. The summed E-state index contributed by atoms with van der Waals surface area (Å²) in [4.78, 5) is 2.25. The van der Waals surface area contributed by atoms with Crippen molar-refractivity contribution in [2.45, 2.75) is 39.0 Å². The molecule has 0 atom stereocenters. The van der Waals surface area contributed by atoms with Crippen LogP contribution in [0.5, 0.6) is 0 Å². The van der Waals surface area contributed by atoms with Gasteiger partial charge in [-0.1, -0.05) is 25.4 Å². The molecule has 2 rings (SSSR count). The normalized spacial score (nSPS) is 17.4. The SMILES string of the molecule is CCN1CC(CC)(CC)c2c1ccc(Cl)c2F. The van der Waals surface area contributed by atoms with Crippen molar-refractivity contribution in [3.05, 3.63) is 28.5 Å². The molecule has 1 nitrogen and oxygen atoms in total. The molecule has 1 aromatic rings. The minimum Gasteiger partial charge on any atom is -0.371 e. The van der Waals surface area contributed by atoms with Crippen molar-refractivity contribution in [1.29, 1.82) is 0 Å². The summed E-state index contributed by atoms with van der Waals surface area (Å²) in [7, 11) is 0. The lowest BCUT2D eigenvalue weighted by Crippen LogP contribution is -2.32. The summed E-state index contributed by atoms with van der Waals surface area (Å²) in [6.07, 6.45) is 1.90. The molecule has 0 radical (unpaired) electrons. The summed E-state index contributed by atoms with van der Waals surface area (Å²) in [6, 6.07) is 3.62. The van der Waals surface area contributed by atoms with Crippen LogP contribution < -0.4 is 4.90 Å². The predicted molar refractivity (Wildman–Crippen MR) is 71.6 cm³/mol. The van der Waals surface area contributed by atoms with Crippen LogP contribution in [0.25, 0.3) is 0 Å². The summed E-state index contributed by atoms with van der Waals surface area (Å²) in [5.41, 5.74) is 1.79. The molecule has 0 saturated heterocycles. The predicted octanol–water partition coefficient (Wildman–Crippen LogP) is 4.38. The minimum absolute atomic E-state index is 0.0691. The molecule has 0 amide bonds. The van der Waals surface area contributed by atoms with E-state index in [1.807, 2.05) is 6.07 Å². The number of fused-ring (bicyclic) bond motifs is 1. The first-order valence-corrected chi connectivity index (χ1v) is 6.70. The van der Waals surface area contributed by atoms with Gasteiger partial charge in [-0.2, -0.15) is 0 Å². The highest BCUT2D eigenvalue weighted by molar-refractivity contribution is 6.31. The van der Waals surface area contributed by atoms with Crippen LogP contribution in [0.3, 0.4) is 0 Å². The molecule has 1 aliphatic rings. The lowest BCUT2D eigenvalue weighted by Gasteiger charge is -2.28. The van der Waals surface area contributed by atoms with Gasteiger partial charge in [0, 0.05) is 29.8 Å². The van der Waals surface area contributed by atoms with Gasteiger partial charge in [-0.25, -0.2) is 4.39 Å². The number of likely N-dealkylation sites (N-methyl/N-ethyl adjacent to an activating group) is 1. The Morgan fingerprint density at radius 2 is 1.94 bits per heavy atom. The van der Waals surface area contributed by atoms with Gasteiger partial charge in [-0.05, 0) is 31.9 Å². The van der Waals surface area contributed by atoms with Gasteiger partial charge in [0.2, 0.25) is 0 Å². The summed E-state index contributed by atoms with van der Waals surface area (Å²) >= 11 is 5.93. The van der Waals surface area contributed by atoms with E-state index >= 15 is 0 Å². The summed E-state index contributed by atoms with van der Waals surface area (Å²) in [5.74, 6) is -0.219. The van der Waals surface area contributed by atoms with E-state index in [-0.39, 0.29) is 16.3 Å². The monoisotopic (exact) mass is 255 g/mol. The Labute approximate surface area is 108 Å². The number of halogens is 2. The maximum atomic E-state index is 14.3. The Kier molecular flexibility index (Phi) is 3.35. The first-order chi connectivity index (χ1) is 8.09. The van der Waals surface area contributed by atoms with Gasteiger partial charge >= 0.3 is 0 Å². The van der Waals surface area contributed by atoms with Crippen molar-refractivity contribution in [3.8, 4) is 0 Å². The Bertz CT molecular complexity index is 426. The molecule has 0 spiro atoms. The molecule has 0 saturated carbocycles. The summed E-state index contributed by atoms with van der Waals surface area (Å²) < 4.78 is 14.3. The molecule has 1 heterocycles. The smallest absolute Gasteiger partial charge is 0.147 e. The molecule has 0 aromatic heterocycles. The average Bonchev–Trinajstić information content (AvgIpc) is 2.69. The zero-order valence-corrected chi connectivity index (χ0v) is 11.4. The van der Waals surface area contributed by atoms with Gasteiger partial charge in [-0.15, -0.1) is 0 Å². The number of benzene rings is 1. The summed E-state index contributed by atoms with van der Waals surface area (Å²) in [5, 5.41) is 0.243. The van der Waals surface area contributed by atoms with Crippen molar-refractivity contribution in [2.75, 3.05) is 18.0 Å². The highest BCUT2D eigenvalue weighted by Gasteiger charge is 2.42. The van der Waals surface area contributed by atoms with Crippen molar-refractivity contribution >= 4 is 17.3 Å². The number of nitrogens with zero attached hydrogens (tertiary/aromatic N) is 1. The largest absolute Gasteiger partial charge is 0.371 e. The van der Waals surface area contributed by atoms with Crippen LogP contribution in [0.1, 0.15) is 39.2 Å². The number of anilines is 1. The summed E-state index contributed by atoms with van der Waals surface area (Å²) in [6.45, 7) is 8.19. The molecule has 17 heavy (non-hydrogen) atoms. The van der Waals surface area contributed by atoms with E-state index in [1.165, 1.54) is 0 Å². The van der Waals surface area contributed by atoms with Crippen molar-refractivity contribution < 1.29 is 4.39 Å². The van der Waals surface area contributed by atoms with Crippen LogP contribution in [-0.4, -0.2) is 13.1 Å². The first kappa shape index (κ1) is 12.7. The van der Waals surface area contributed by atoms with Crippen LogP contribution in [0.4, 0.5) is 10.1 Å². The third-order valence-corrected chi connectivity index (χ3v) is 4.46. The van der Waals surface area contributed by atoms with Gasteiger partial charge < -0.3 is 4.90 Å². The lowest BCUT2D eigenvalue weighted by molar-refractivity contribution is 0.404. The topological polar surface area (TPSA) is 3.24 Å². The third kappa shape index (κ3) is 1.74. The Morgan fingerprint density at radius 1 is 1.29 bits per heavy atom. The molecule has 94 valence electrons. The highest BCUT2D eigenvalue weighted by atomic mass is 35.5. The number of rotatable bonds is 3. The van der Waals surface area contributed by atoms with Crippen molar-refractivity contribution in [2.24, 2.45) is 0 Å². The quantitative estimate of drug-likeness (QED) is 0.775. The zero-order chi connectivity index (χ0) is 12.6. The average molecular weight is 256 g/mol. The second kappa shape index (κ2) is 4.49. The molecule has 1 aliphatic heterocycles. The Morgan fingerprint density at radius 3 is 2.47 bits per heavy atom. The second-order valence-corrected chi connectivity index (χ2v) is 5.16. The van der Waals surface area contributed by atoms with Gasteiger partial charge in [-0.3, -0.25) is 0 Å². The number of hydrogen-bond acceptors (Lipinski definition) is 1. The fourth-order valence-electron chi connectivity index (χ4n) is 2.95. The van der Waals surface area contributed by atoms with Crippen LogP contribution in [0, 0.1) is 5.82 Å². The fraction of sp³-hybridized carbons (Fsp3) is 0.571. The van der Waals surface area contributed by atoms with Crippen LogP contribution in [0.2, 0.25) is 5.02 Å². The second-order valence-electron chi connectivity index (χ2n) is 4.76. The van der Waals surface area contributed by atoms with Gasteiger partial charge in [0.1, 0.15) is 5.82 Å². The van der Waals surface area contributed by atoms with Gasteiger partial charge in [0.25, 0.3) is 0 Å². The van der Waals surface area contributed by atoms with E-state index < -0.39 is 0 Å². The molecule has 0 bridgehead atoms. The van der Waals surface area contributed by atoms with E-state index in [0.717, 1.165) is 37.2 Å². The van der Waals surface area contributed by atoms with Gasteiger partial charge in [0.15, 0.2) is 0 Å². The van der Waals surface area contributed by atoms with E-state index in [4.69, 9.17) is 11.6 Å². The third-order valence-electron chi connectivity index (χ3n) is 4.17. The molecule has 0 N–H and O–H groups in total. The number of hydrogen-bond donors (Lipinski definition) is 0. The maximum absolute atomic E-state index is 14.3. The molecule has 0 unspecified atom stereocenters. The van der Waals surface area contributed by atoms with E-state index in [0.29, 0.717) is 0 Å². The Balaban J connectivity index is 2.65. The molecule has 3 heteroatoms. The molecular weight excluding hydrogens is 237 g/mol. The van der Waals surface area contributed by atoms with E-state index in [9.17, 15) is 4.39 Å². The molecule has 1 aromatic carbocycles. The maximum Gasteiger partial charge on any atom is 0.147 e. The molecular formula is C14H19ClFN. The fourth-order valence-corrected chi connectivity index (χ4v) is 3.10. The first-order valence-electron chi connectivity index (χ1n) is 6.33. The van der Waals surface area contributed by atoms with Gasteiger partial charge in [0.05, 0.1) is 5.02 Å². The molecule has 0 fully saturated rings. The van der Waals surface area contributed by atoms with E-state index in [2.05, 4.69) is 25.7 Å². The van der Waals surface area contributed by atoms with Crippen LogP contribution >= 0.6 is 11.6 Å². The lowest BCUT2D eigenvalue weighted by atomic mass is 9.77. The van der Waals surface area contributed by atoms with Crippen molar-refractivity contribution in [3.63, 3.8) is 0 Å². The minimum atomic E-state index is -0.219. The zero-order valence-electron chi connectivity index (χ0n) is 10.7. The van der Waals surface area contributed by atoms with E-state index in [1.54, 1.807) is 6.07 Å². The standard InChI is InChI=1S/C14H19ClFN/c1-4-14(5-2)9-17(6-3)11-8-7-10(15)13(16)12(11)14/h7-8H,4-6,9H2,1-3H3. The van der Waals surface area contributed by atoms with Crippen molar-refractivity contribution in [1.82, 2.24) is 0 Å². The molecule has 0 aliphatic carbocycles. The van der Waals surface area contributed by atoms with Crippen LogP contribution in [-0.2, 0) is 5.41 Å². The van der Waals surface area contributed by atoms with Crippen LogP contribution in [0.15, 0.2) is 12.1 Å².